The van der Waals surface area contributed by atoms with Gasteiger partial charge in [-0.25, -0.2) is 13.6 Å². The number of halogens is 2. The number of hydrogen-bond donors (Lipinski definition) is 1. The molecule has 0 saturated carbocycles. The summed E-state index contributed by atoms with van der Waals surface area (Å²) in [6, 6.07) is 6.47. The number of pyridine rings is 1. The number of nitrogens with one attached hydrogen (secondary N) is 1. The molecule has 2 aliphatic rings. The van der Waals surface area contributed by atoms with E-state index in [2.05, 4.69) is 15.4 Å². The molecule has 1 unspecified atom stereocenters. The predicted octanol–water partition coefficient (Wildman–Crippen LogP) is 4.59. The average Bonchev–Trinajstić information content (AvgIpc) is 3.12. The van der Waals surface area contributed by atoms with Gasteiger partial charge in [-0.2, -0.15) is 0 Å². The van der Waals surface area contributed by atoms with Gasteiger partial charge in [0.05, 0.1) is 6.21 Å². The van der Waals surface area contributed by atoms with Gasteiger partial charge in [0.2, 0.25) is 0 Å². The lowest BCUT2D eigenvalue weighted by molar-refractivity contribution is -0.756. The van der Waals surface area contributed by atoms with Gasteiger partial charge in [-0.05, 0) is 30.7 Å². The quantitative estimate of drug-likeness (QED) is 0.791. The molecular formula is C20H15F2N4O+. The van der Waals surface area contributed by atoms with Gasteiger partial charge < -0.3 is 0 Å². The molecule has 1 aromatic heterocycles. The number of fused-ring (bicyclic) bond motifs is 1. The van der Waals surface area contributed by atoms with E-state index in [4.69, 9.17) is 0 Å². The first-order valence-electron chi connectivity index (χ1n) is 8.24. The van der Waals surface area contributed by atoms with Gasteiger partial charge in [-0.15, -0.1) is 0 Å². The average molecular weight is 365 g/mol. The van der Waals surface area contributed by atoms with Crippen LogP contribution in [0.3, 0.4) is 0 Å². The largest absolute Gasteiger partial charge is 0.457 e. The highest BCUT2D eigenvalue weighted by atomic mass is 19.1. The number of hydrogen-bond acceptors (Lipinski definition) is 3. The van der Waals surface area contributed by atoms with Crippen molar-refractivity contribution in [2.24, 2.45) is 5.10 Å². The van der Waals surface area contributed by atoms with E-state index in [9.17, 15) is 13.6 Å². The number of carbonyl (C=O) groups is 1. The molecule has 0 aliphatic carbocycles. The molecule has 1 N–H and O–H groups in total. The fourth-order valence-electron chi connectivity index (χ4n) is 3.20. The Hall–Kier alpha value is -3.45. The zero-order valence-corrected chi connectivity index (χ0v) is 14.4. The number of anilines is 1. The van der Waals surface area contributed by atoms with Crippen molar-refractivity contribution in [1.29, 1.82) is 0 Å². The van der Waals surface area contributed by atoms with Gasteiger partial charge in [0.1, 0.15) is 23.5 Å². The Morgan fingerprint density at radius 3 is 2.63 bits per heavy atom. The van der Waals surface area contributed by atoms with Crippen molar-refractivity contribution in [3.63, 3.8) is 0 Å². The van der Waals surface area contributed by atoms with Crippen molar-refractivity contribution in [3.8, 4) is 0 Å². The number of allylic oxidation sites excluding steroid dienone is 4. The number of para-hydroxylation sites is 1. The van der Waals surface area contributed by atoms with Crippen LogP contribution in [0, 0.1) is 11.6 Å². The summed E-state index contributed by atoms with van der Waals surface area (Å²) in [5, 5.41) is 6.58. The lowest BCUT2D eigenvalue weighted by Crippen LogP contribution is -2.45. The molecule has 4 rings (SSSR count). The highest BCUT2D eigenvalue weighted by molar-refractivity contribution is 5.91. The highest BCUT2D eigenvalue weighted by Crippen LogP contribution is 2.39. The normalized spacial score (nSPS) is 20.5. The monoisotopic (exact) mass is 365 g/mol. The Bertz CT molecular complexity index is 1040. The maximum atomic E-state index is 13.9. The third-order valence-electron chi connectivity index (χ3n) is 4.57. The standard InChI is InChI=1S/C20H14F2N4O/c1-13-15(14-4-3-9-23-12-14)8-11-26(18(13)7-10-24-26)20(27)25-19-16(21)5-2-6-17(19)22/h2-12H,1H3/p+1. The summed E-state index contributed by atoms with van der Waals surface area (Å²) >= 11 is 0. The lowest BCUT2D eigenvalue weighted by Gasteiger charge is -2.28. The summed E-state index contributed by atoms with van der Waals surface area (Å²) in [5.74, 6) is -1.70. The van der Waals surface area contributed by atoms with Crippen LogP contribution in [0.2, 0.25) is 0 Å². The minimum atomic E-state index is -0.848. The van der Waals surface area contributed by atoms with Crippen molar-refractivity contribution in [1.82, 2.24) is 4.98 Å². The van der Waals surface area contributed by atoms with Crippen LogP contribution in [0.5, 0.6) is 0 Å². The van der Waals surface area contributed by atoms with Crippen molar-refractivity contribution in [2.75, 3.05) is 5.32 Å². The Kier molecular flexibility index (Phi) is 4.01. The SMILES string of the molecule is CC1=C(c2cccnc2)C=C[N+]2(C(=O)Nc3c(F)cccc3F)N=CC=C12. The second-order valence-electron chi connectivity index (χ2n) is 6.12. The lowest BCUT2D eigenvalue weighted by atomic mass is 9.96. The molecule has 1 aromatic carbocycles. The third kappa shape index (κ3) is 2.69. The van der Waals surface area contributed by atoms with Crippen molar-refractivity contribution >= 4 is 23.5 Å². The molecule has 0 fully saturated rings. The molecule has 0 radical (unpaired) electrons. The topological polar surface area (TPSA) is 54.4 Å². The molecule has 3 heterocycles. The Balaban J connectivity index is 1.71. The van der Waals surface area contributed by atoms with Crippen LogP contribution in [0.25, 0.3) is 5.57 Å². The fraction of sp³-hybridized carbons (Fsp3) is 0.0500. The molecule has 5 nitrogen and oxygen atoms in total. The van der Waals surface area contributed by atoms with E-state index in [1.807, 2.05) is 19.1 Å². The minimum absolute atomic E-state index is 0.496. The molecule has 1 atom stereocenters. The number of rotatable bonds is 2. The molecule has 0 saturated heterocycles. The maximum absolute atomic E-state index is 13.9. The summed E-state index contributed by atoms with van der Waals surface area (Å²) in [6.45, 7) is 1.87. The van der Waals surface area contributed by atoms with Crippen LogP contribution in [0.1, 0.15) is 12.5 Å². The number of carbonyl (C=O) groups excluding carboxylic acids is 1. The van der Waals surface area contributed by atoms with Crippen LogP contribution < -0.4 is 5.32 Å². The number of benzene rings is 1. The van der Waals surface area contributed by atoms with E-state index >= 15 is 0 Å². The number of aromatic nitrogens is 1. The van der Waals surface area contributed by atoms with E-state index in [-0.39, 0.29) is 0 Å². The molecule has 0 bridgehead atoms. The van der Waals surface area contributed by atoms with Crippen LogP contribution in [0.15, 0.2) is 77.4 Å². The molecule has 2 amide bonds. The number of amides is 2. The first-order chi connectivity index (χ1) is 13.0. The van der Waals surface area contributed by atoms with Crippen molar-refractivity contribution in [2.45, 2.75) is 6.92 Å². The number of nitrogens with zero attached hydrogens (tertiary/aromatic N) is 3. The molecule has 2 aromatic rings. The van der Waals surface area contributed by atoms with Crippen molar-refractivity contribution < 1.29 is 18.2 Å². The third-order valence-corrected chi connectivity index (χ3v) is 4.57. The van der Waals surface area contributed by atoms with E-state index < -0.39 is 27.9 Å². The summed E-state index contributed by atoms with van der Waals surface area (Å²) in [6.07, 6.45) is 9.98. The molecule has 27 heavy (non-hydrogen) atoms. The zero-order chi connectivity index (χ0) is 19.0. The van der Waals surface area contributed by atoms with E-state index in [0.29, 0.717) is 5.70 Å². The van der Waals surface area contributed by atoms with Gasteiger partial charge in [0.25, 0.3) is 0 Å². The second-order valence-corrected chi connectivity index (χ2v) is 6.12. The Morgan fingerprint density at radius 2 is 1.93 bits per heavy atom. The number of urea groups is 1. The summed E-state index contributed by atoms with van der Waals surface area (Å²) in [4.78, 5) is 17.1. The molecule has 2 aliphatic heterocycles. The van der Waals surface area contributed by atoms with E-state index in [0.717, 1.165) is 28.8 Å². The second kappa shape index (κ2) is 6.37. The molecule has 134 valence electrons. The van der Waals surface area contributed by atoms with Crippen LogP contribution >= 0.6 is 0 Å². The molecular weight excluding hydrogens is 350 g/mol. The van der Waals surface area contributed by atoms with Crippen molar-refractivity contribution in [3.05, 3.63) is 89.5 Å². The van der Waals surface area contributed by atoms with Crippen LogP contribution in [-0.2, 0) is 0 Å². The zero-order valence-electron chi connectivity index (χ0n) is 14.4. The first-order valence-corrected chi connectivity index (χ1v) is 8.24. The number of quaternary nitrogens is 1. The van der Waals surface area contributed by atoms with Gasteiger partial charge in [0.15, 0.2) is 5.70 Å². The Labute approximate surface area is 154 Å². The minimum Gasteiger partial charge on any atom is -0.267 e. The smallest absolute Gasteiger partial charge is 0.267 e. The first kappa shape index (κ1) is 17.0. The predicted molar refractivity (Wildman–Crippen MR) is 98.2 cm³/mol. The van der Waals surface area contributed by atoms with Gasteiger partial charge in [-0.1, -0.05) is 21.8 Å². The van der Waals surface area contributed by atoms with E-state index in [1.165, 1.54) is 12.3 Å². The fourth-order valence-corrected chi connectivity index (χ4v) is 3.20. The summed E-state index contributed by atoms with van der Waals surface area (Å²) < 4.78 is 27.3. The summed E-state index contributed by atoms with van der Waals surface area (Å²) in [5.41, 5.74) is 2.73. The maximum Gasteiger partial charge on any atom is 0.457 e. The van der Waals surface area contributed by atoms with Gasteiger partial charge in [-0.3, -0.25) is 10.3 Å². The van der Waals surface area contributed by atoms with E-state index in [1.54, 1.807) is 30.7 Å². The van der Waals surface area contributed by atoms with Gasteiger partial charge in [0, 0.05) is 35.7 Å². The Morgan fingerprint density at radius 1 is 1.15 bits per heavy atom. The molecule has 0 spiro atoms. The van der Waals surface area contributed by atoms with Gasteiger partial charge >= 0.3 is 6.03 Å². The van der Waals surface area contributed by atoms with Crippen LogP contribution in [0.4, 0.5) is 19.3 Å². The van der Waals surface area contributed by atoms with Crippen LogP contribution in [-0.4, -0.2) is 21.8 Å². The highest BCUT2D eigenvalue weighted by Gasteiger charge is 2.46. The summed E-state index contributed by atoms with van der Waals surface area (Å²) in [7, 11) is 0. The molecule has 7 heteroatoms.